The van der Waals surface area contributed by atoms with Crippen molar-refractivity contribution >= 4 is 10.0 Å². The molecular weight excluding hydrogens is 310 g/mol. The van der Waals surface area contributed by atoms with Crippen molar-refractivity contribution in [3.05, 3.63) is 53.6 Å². The Hall–Kier alpha value is -1.79. The van der Waals surface area contributed by atoms with Crippen LogP contribution in [0.1, 0.15) is 37.6 Å². The van der Waals surface area contributed by atoms with Crippen LogP contribution in [0.3, 0.4) is 0 Å². The van der Waals surface area contributed by atoms with Crippen LogP contribution >= 0.6 is 0 Å². The van der Waals surface area contributed by atoms with Crippen LogP contribution in [0.4, 0.5) is 0 Å². The van der Waals surface area contributed by atoms with Crippen molar-refractivity contribution in [1.29, 1.82) is 0 Å². The van der Waals surface area contributed by atoms with Crippen LogP contribution in [0.25, 0.3) is 0 Å². The normalized spacial score (nSPS) is 16.1. The van der Waals surface area contributed by atoms with Crippen molar-refractivity contribution in [2.45, 2.75) is 44.0 Å². The number of hydrogen-bond acceptors (Lipinski definition) is 4. The second-order valence-electron chi connectivity index (χ2n) is 6.86. The summed E-state index contributed by atoms with van der Waals surface area (Å²) < 4.78 is 27.2. The monoisotopic (exact) mass is 331 g/mol. The fraction of sp³-hybridized carbons (Fsp3) is 0.412. The van der Waals surface area contributed by atoms with Gasteiger partial charge in [0.25, 0.3) is 0 Å². The van der Waals surface area contributed by atoms with Crippen molar-refractivity contribution in [3.63, 3.8) is 0 Å². The van der Waals surface area contributed by atoms with Gasteiger partial charge in [0.2, 0.25) is 10.0 Å². The summed E-state index contributed by atoms with van der Waals surface area (Å²) in [7, 11) is -3.49. The number of nitrogens with zero attached hydrogens (tertiary/aromatic N) is 3. The zero-order valence-corrected chi connectivity index (χ0v) is 14.5. The molecule has 2 aromatic rings. The molecule has 1 aromatic carbocycles. The molecule has 0 saturated carbocycles. The van der Waals surface area contributed by atoms with E-state index >= 15 is 0 Å². The lowest BCUT2D eigenvalue weighted by atomic mass is 9.87. The number of rotatable bonds is 2. The average Bonchev–Trinajstić information content (AvgIpc) is 2.53. The van der Waals surface area contributed by atoms with Gasteiger partial charge in [-0.05, 0) is 23.1 Å². The highest BCUT2D eigenvalue weighted by Gasteiger charge is 2.29. The minimum absolute atomic E-state index is 0.00367. The van der Waals surface area contributed by atoms with Gasteiger partial charge in [-0.2, -0.15) is 4.31 Å². The van der Waals surface area contributed by atoms with Crippen LogP contribution in [0, 0.1) is 0 Å². The fourth-order valence-electron chi connectivity index (χ4n) is 2.72. The molecule has 0 unspecified atom stereocenters. The average molecular weight is 331 g/mol. The molecule has 0 bridgehead atoms. The van der Waals surface area contributed by atoms with Gasteiger partial charge in [-0.3, -0.25) is 0 Å². The maximum Gasteiger partial charge on any atom is 0.243 e. The molecule has 3 rings (SSSR count). The van der Waals surface area contributed by atoms with Gasteiger partial charge < -0.3 is 0 Å². The van der Waals surface area contributed by atoms with E-state index in [2.05, 4.69) is 30.7 Å². The van der Waals surface area contributed by atoms with E-state index in [1.54, 1.807) is 18.3 Å². The first-order chi connectivity index (χ1) is 10.8. The molecule has 6 heteroatoms. The lowest BCUT2D eigenvalue weighted by Crippen LogP contribution is -2.36. The Bertz CT molecular complexity index is 808. The summed E-state index contributed by atoms with van der Waals surface area (Å²) in [4.78, 5) is 8.55. The van der Waals surface area contributed by atoms with Gasteiger partial charge >= 0.3 is 0 Å². The maximum atomic E-state index is 12.8. The quantitative estimate of drug-likeness (QED) is 0.848. The molecule has 5 nitrogen and oxygen atoms in total. The molecule has 0 aliphatic carbocycles. The first-order valence-electron chi connectivity index (χ1n) is 7.67. The molecule has 0 spiro atoms. The summed E-state index contributed by atoms with van der Waals surface area (Å²) in [6, 6.07) is 7.20. The summed E-state index contributed by atoms with van der Waals surface area (Å²) in [5.74, 6) is 0. The number of benzene rings is 1. The van der Waals surface area contributed by atoms with Crippen LogP contribution in [-0.4, -0.2) is 29.2 Å². The molecule has 0 fully saturated rings. The van der Waals surface area contributed by atoms with Crippen molar-refractivity contribution in [1.82, 2.24) is 14.3 Å². The molecule has 1 aromatic heterocycles. The summed E-state index contributed by atoms with van der Waals surface area (Å²) in [6.45, 7) is 7.11. The largest absolute Gasteiger partial charge is 0.244 e. The lowest BCUT2D eigenvalue weighted by molar-refractivity contribution is 0.386. The first-order valence-corrected chi connectivity index (χ1v) is 9.11. The van der Waals surface area contributed by atoms with E-state index in [4.69, 9.17) is 0 Å². The van der Waals surface area contributed by atoms with E-state index in [0.717, 1.165) is 16.8 Å². The van der Waals surface area contributed by atoms with Crippen LogP contribution in [-0.2, 0) is 28.4 Å². The van der Waals surface area contributed by atoms with Crippen molar-refractivity contribution < 1.29 is 8.42 Å². The molecule has 0 radical (unpaired) electrons. The van der Waals surface area contributed by atoms with Gasteiger partial charge in [0.15, 0.2) is 0 Å². The molecule has 0 N–H and O–H groups in total. The Kier molecular flexibility index (Phi) is 3.98. The van der Waals surface area contributed by atoms with E-state index in [0.29, 0.717) is 24.4 Å². The van der Waals surface area contributed by atoms with Crippen LogP contribution in [0.5, 0.6) is 0 Å². The fourth-order valence-corrected chi connectivity index (χ4v) is 4.14. The highest BCUT2D eigenvalue weighted by Crippen LogP contribution is 2.26. The number of fused-ring (bicyclic) bond motifs is 1. The van der Waals surface area contributed by atoms with E-state index in [1.165, 1.54) is 10.6 Å². The van der Waals surface area contributed by atoms with Crippen molar-refractivity contribution in [2.75, 3.05) is 6.54 Å². The molecule has 0 saturated heterocycles. The summed E-state index contributed by atoms with van der Waals surface area (Å²) in [5.41, 5.74) is 2.95. The van der Waals surface area contributed by atoms with Gasteiger partial charge in [0, 0.05) is 37.0 Å². The second kappa shape index (κ2) is 5.69. The van der Waals surface area contributed by atoms with E-state index in [9.17, 15) is 8.42 Å². The van der Waals surface area contributed by atoms with E-state index in [1.807, 2.05) is 12.1 Å². The van der Waals surface area contributed by atoms with Gasteiger partial charge in [0.1, 0.15) is 6.33 Å². The first kappa shape index (κ1) is 16.1. The molecule has 2 heterocycles. The summed E-state index contributed by atoms with van der Waals surface area (Å²) in [5, 5.41) is 0. The highest BCUT2D eigenvalue weighted by atomic mass is 32.2. The standard InChI is InChI=1S/C17H21N3O2S/c1-17(2,3)14-4-6-15(7-5-14)23(21,22)20-9-8-16-13(11-20)10-18-12-19-16/h4-7,10,12H,8-9,11H2,1-3H3. The molecular formula is C17H21N3O2S. The molecule has 0 atom stereocenters. The van der Waals surface area contributed by atoms with Crippen LogP contribution in [0.15, 0.2) is 41.7 Å². The Balaban J connectivity index is 1.88. The van der Waals surface area contributed by atoms with E-state index < -0.39 is 10.0 Å². The second-order valence-corrected chi connectivity index (χ2v) is 8.80. The van der Waals surface area contributed by atoms with Gasteiger partial charge in [0.05, 0.1) is 4.90 Å². The minimum Gasteiger partial charge on any atom is -0.244 e. The molecule has 1 aliphatic heterocycles. The Morgan fingerprint density at radius 3 is 2.48 bits per heavy atom. The smallest absolute Gasteiger partial charge is 0.243 e. The summed E-state index contributed by atoms with van der Waals surface area (Å²) in [6.07, 6.45) is 3.83. The maximum absolute atomic E-state index is 12.8. The molecule has 122 valence electrons. The predicted molar refractivity (Wildman–Crippen MR) is 88.5 cm³/mol. The molecule has 1 aliphatic rings. The number of hydrogen-bond donors (Lipinski definition) is 0. The summed E-state index contributed by atoms with van der Waals surface area (Å²) >= 11 is 0. The predicted octanol–water partition coefficient (Wildman–Crippen LogP) is 2.52. The Morgan fingerprint density at radius 1 is 1.13 bits per heavy atom. The SMILES string of the molecule is CC(C)(C)c1ccc(S(=O)(=O)N2CCc3ncncc3C2)cc1. The lowest BCUT2D eigenvalue weighted by Gasteiger charge is -2.27. The van der Waals surface area contributed by atoms with Crippen molar-refractivity contribution in [3.8, 4) is 0 Å². The van der Waals surface area contributed by atoms with Crippen molar-refractivity contribution in [2.24, 2.45) is 0 Å². The van der Waals surface area contributed by atoms with E-state index in [-0.39, 0.29) is 5.41 Å². The molecule has 0 amide bonds. The zero-order valence-electron chi connectivity index (χ0n) is 13.7. The number of aromatic nitrogens is 2. The van der Waals surface area contributed by atoms with Gasteiger partial charge in [-0.1, -0.05) is 32.9 Å². The highest BCUT2D eigenvalue weighted by molar-refractivity contribution is 7.89. The Morgan fingerprint density at radius 2 is 1.83 bits per heavy atom. The number of sulfonamides is 1. The third-order valence-corrected chi connectivity index (χ3v) is 6.04. The third-order valence-electron chi connectivity index (χ3n) is 4.18. The molecule has 23 heavy (non-hydrogen) atoms. The van der Waals surface area contributed by atoms with Gasteiger partial charge in [-0.15, -0.1) is 0 Å². The zero-order chi connectivity index (χ0) is 16.7. The third kappa shape index (κ3) is 3.14. The van der Waals surface area contributed by atoms with Crippen LogP contribution < -0.4 is 0 Å². The van der Waals surface area contributed by atoms with Gasteiger partial charge in [-0.25, -0.2) is 18.4 Å². The minimum atomic E-state index is -3.49. The van der Waals surface area contributed by atoms with Crippen LogP contribution in [0.2, 0.25) is 0 Å². The Labute approximate surface area is 137 Å². The topological polar surface area (TPSA) is 63.2 Å².